The van der Waals surface area contributed by atoms with Crippen molar-refractivity contribution in [1.82, 2.24) is 119 Å². The summed E-state index contributed by atoms with van der Waals surface area (Å²) in [6.45, 7) is 23.1. The molecule has 142 heavy (non-hydrogen) atoms. The summed E-state index contributed by atoms with van der Waals surface area (Å²) < 4.78 is 288. The van der Waals surface area contributed by atoms with E-state index in [1.54, 1.807) is 69.6 Å². The van der Waals surface area contributed by atoms with E-state index in [2.05, 4.69) is 119 Å². The van der Waals surface area contributed by atoms with Crippen LogP contribution >= 0.6 is 0 Å². The third kappa shape index (κ3) is 24.0. The second kappa shape index (κ2) is 47.3. The summed E-state index contributed by atoms with van der Waals surface area (Å²) in [5, 5.41) is 2.20. The molecule has 0 saturated carbocycles. The molecule has 0 spiro atoms. The molecule has 0 aromatic carbocycles. The molecule has 0 radical (unpaired) electrons. The summed E-state index contributed by atoms with van der Waals surface area (Å²) in [5.41, 5.74) is 4.71. The Labute approximate surface area is 876 Å². The van der Waals surface area contributed by atoms with Crippen LogP contribution in [0.5, 0.6) is 0 Å². The minimum absolute atomic E-state index is 0.0189. The van der Waals surface area contributed by atoms with Crippen LogP contribution in [-0.2, 0) is 28.8 Å². The number of aromatic nitrogens is 18. The zero-order valence-corrected chi connectivity index (χ0v) is 79.0. The molecule has 12 atom stereocenters. The van der Waals surface area contributed by atoms with E-state index in [9.17, 15) is 28.8 Å². The number of H-pyrrole nitrogens is 6. The van der Waals surface area contributed by atoms with Crippen LogP contribution < -0.4 is 29.4 Å². The maximum Gasteiger partial charge on any atom is 0.302 e. The van der Waals surface area contributed by atoms with Crippen molar-refractivity contribution in [2.45, 2.75) is 143 Å². The van der Waals surface area contributed by atoms with Gasteiger partial charge >= 0.3 is 35.4 Å². The maximum absolute atomic E-state index is 12.4. The molecule has 0 unspecified atom stereocenters. The Morgan fingerprint density at radius 1 is 0.331 bits per heavy atom. The van der Waals surface area contributed by atoms with Crippen LogP contribution in [0.15, 0.2) is 86.7 Å². The Morgan fingerprint density at radius 3 is 0.923 bits per heavy atom. The first kappa shape index (κ1) is 66.0. The molecule has 42 nitrogen and oxygen atoms in total. The van der Waals surface area contributed by atoms with Crippen LogP contribution in [0.2, 0.25) is 0 Å². The minimum Gasteiger partial charge on any atom is -0.354 e. The molecule has 6 aliphatic heterocycles. The molecule has 18 rings (SSSR count). The molecule has 12 aromatic rings. The van der Waals surface area contributed by atoms with Gasteiger partial charge in [0.2, 0.25) is 0 Å². The Morgan fingerprint density at radius 2 is 0.592 bits per heavy atom. The first-order valence-electron chi connectivity index (χ1n) is 62.1. The largest absolute Gasteiger partial charge is 0.354 e. The van der Waals surface area contributed by atoms with Crippen LogP contribution in [0.25, 0.3) is 95.3 Å². The SMILES string of the molecule is [2H]C([2H])([2H])N(c1ncnc2[nH]ccc12)[C@@]1([2H])CN(C(=O)C[N+]#[C-])CC[C@@]1([2H])C([2H])([2H])[2H].[2H]C([2H])([2H])[C@@H]1CCN(C(=O)C[N+]#[C-])C[C@]1([2H])N(c1ncnc2[nH]ccc12)C([2H])([2H])[2H].[2H]c1c(C)[nH]c2ncnc(N(C)[C@@]3([2H])CN(C(=O)C[N+]#[C-])CC[C@@]3([2H])C([2H])([2H])[2H])c12.[2H]c1c(C)[nH]c2ncnc(N(C)[C@@]3([2H])CN(C(=O)C[N+]#[C-])CC[C@H]3C([2H])([2H])[2H])c12.[2H]c1c(C)[nH]c2ncnc(N(C)[C@H]3CN(C(=O)C[N+]#[C-])CC[C@@]3([2H])C([2H])([2H])[2H])c12.[2H]c1c(C)[nH]c2ncnc(N(C)[C@H]3CN(C(=O)C[N+]#[C-])CC[C@H]3C([2H])([2H])[2H])c12. The highest BCUT2D eigenvalue weighted by Gasteiger charge is 2.41. The van der Waals surface area contributed by atoms with Gasteiger partial charge in [0.25, 0.3) is 39.3 Å². The molecule has 42 heteroatoms. The summed E-state index contributed by atoms with van der Waals surface area (Å²) in [6, 6.07) is -6.39. The quantitative estimate of drug-likeness (QED) is 0.0435. The fraction of sp³-hybridized carbons (Fsp3) is 0.520. The second-order valence-electron chi connectivity index (χ2n) is 33.7. The lowest BCUT2D eigenvalue weighted by molar-refractivity contribution is -0.131. The average molecular weight is 1970 g/mol. The molecule has 6 N–H and O–H groups in total. The predicted octanol–water partition coefficient (Wildman–Crippen LogP) is 10.5. The minimum atomic E-state index is -3.08. The van der Waals surface area contributed by atoms with Gasteiger partial charge in [0.1, 0.15) is 107 Å². The summed E-state index contributed by atoms with van der Waals surface area (Å²) in [5.74, 6) is -11.8. The van der Waals surface area contributed by atoms with Gasteiger partial charge in [0.05, 0.1) is 79.4 Å². The predicted molar refractivity (Wildman–Crippen MR) is 546 cm³/mol. The zero-order chi connectivity index (χ0) is 132. The van der Waals surface area contributed by atoms with Gasteiger partial charge in [-0.05, 0) is 138 Å². The normalized spacial score (nSPS) is 28.9. The van der Waals surface area contributed by atoms with Gasteiger partial charge in [-0.25, -0.2) is 99.2 Å². The molecular weight excluding hydrogens is 1800 g/mol. The number of aryl methyl sites for hydroxylation is 4. The maximum atomic E-state index is 12.4. The lowest BCUT2D eigenvalue weighted by Crippen LogP contribution is -2.53. The molecule has 12 aromatic heterocycles. The monoisotopic (exact) mass is 1960 g/mol. The van der Waals surface area contributed by atoms with E-state index in [0.717, 1.165) is 17.6 Å². The number of aromatic amines is 6. The summed E-state index contributed by atoms with van der Waals surface area (Å²) in [7, 11) is 6.34. The van der Waals surface area contributed by atoms with Gasteiger partial charge in [0, 0.05) is 193 Å². The summed E-state index contributed by atoms with van der Waals surface area (Å²) >= 11 is 0. The fourth-order valence-corrected chi connectivity index (χ4v) is 16.9. The van der Waals surface area contributed by atoms with Crippen LogP contribution in [0.3, 0.4) is 0 Å². The molecule has 0 aliphatic carbocycles. The van der Waals surface area contributed by atoms with Gasteiger partial charge in [-0.3, -0.25) is 28.8 Å². The Balaban J connectivity index is 0.000000173. The molecule has 6 saturated heterocycles. The van der Waals surface area contributed by atoms with Gasteiger partial charge in [-0.2, -0.15) is 0 Å². The van der Waals surface area contributed by atoms with Crippen LogP contribution in [0.1, 0.15) is 150 Å². The number of likely N-dealkylation sites (N-methyl/N-ethyl adjacent to an activating group) is 6. The highest BCUT2D eigenvalue weighted by Crippen LogP contribution is 2.38. The smallest absolute Gasteiger partial charge is 0.302 e. The molecular formula is C100H128N36O6. The topological polar surface area (TPSA) is 417 Å². The first-order chi connectivity index (χ1) is 82.2. The second-order valence-corrected chi connectivity index (χ2v) is 33.7. The number of carbonyl (C=O) groups is 6. The number of rotatable bonds is 18. The van der Waals surface area contributed by atoms with Crippen molar-refractivity contribution >= 4 is 137 Å². The number of nitrogens with one attached hydrogen (secondary N) is 6. The van der Waals surface area contributed by atoms with Crippen LogP contribution in [-0.4, -0.2) is 351 Å². The van der Waals surface area contributed by atoms with E-state index in [1.165, 1.54) is 80.2 Å². The van der Waals surface area contributed by atoms with E-state index in [1.807, 2.05) is 0 Å². The van der Waals surface area contributed by atoms with E-state index >= 15 is 0 Å². The Kier molecular flexibility index (Phi) is 22.0. The highest BCUT2D eigenvalue weighted by molar-refractivity contribution is 5.93. The van der Waals surface area contributed by atoms with E-state index in [-0.39, 0.29) is 169 Å². The number of hydrogen-bond donors (Lipinski definition) is 6. The lowest BCUT2D eigenvalue weighted by atomic mass is 9.92. The average Bonchev–Trinajstić information content (AvgIpc) is 1.31. The van der Waals surface area contributed by atoms with Gasteiger partial charge in [0.15, 0.2) is 0 Å². The number of carbonyl (C=O) groups excluding carboxylic acids is 6. The fourth-order valence-electron chi connectivity index (χ4n) is 16.9. The molecule has 6 fully saturated rings. The van der Waals surface area contributed by atoms with E-state index in [4.69, 9.17) is 87.4 Å². The van der Waals surface area contributed by atoms with Crippen molar-refractivity contribution in [1.29, 1.82) is 0 Å². The zero-order valence-electron chi connectivity index (χ0n) is 114. The number of fused-ring (bicyclic) bond motifs is 6. The lowest BCUT2D eigenvalue weighted by Gasteiger charge is -2.41. The van der Waals surface area contributed by atoms with E-state index in [0.29, 0.717) is 112 Å². The third-order valence-electron chi connectivity index (χ3n) is 24.5. The third-order valence-corrected chi connectivity index (χ3v) is 24.5. The van der Waals surface area contributed by atoms with Gasteiger partial charge < -0.3 is 118 Å². The van der Waals surface area contributed by atoms with Crippen molar-refractivity contribution < 1.29 is 76.7 Å². The van der Waals surface area contributed by atoms with Gasteiger partial charge in [-0.15, -0.1) is 0 Å². The Bertz CT molecular complexity index is 8410. The number of nitrogens with zero attached hydrogens (tertiary/aromatic N) is 30. The van der Waals surface area contributed by atoms with Crippen molar-refractivity contribution in [3.05, 3.63) is 178 Å². The standard InChI is InChI=1S/4C17H22N6O.2C16H20N6O/c4*1-11-5-6-23(15(24)8-18-3)9-14(11)22(4)17-13-7-12(2)21-16(13)19-10-20-17;2*1-11-5-7-22(14(23)8-17-2)9-13(11)21(3)16-12-4-6-18-15(12)19-10-20-16/h4*7,10-11,14H,5-6,8-9H2,1-2,4H3,(H,19,20,21);2*4,6,10-11,13H,5,7-9H2,1,3H3,(H,18,19,20)/t4*11-,14+;2*11-,13+/m111111/s1/i1D3,7D,11D,14D;1D3,7D,14D;1D3,7D,11D;1D3,7D;1D3,3D3,11D,13D;1D3,3D3,13D. The van der Waals surface area contributed by atoms with Crippen LogP contribution in [0, 0.1) is 103 Å². The van der Waals surface area contributed by atoms with Crippen molar-refractivity contribution in [3.63, 3.8) is 0 Å². The van der Waals surface area contributed by atoms with E-state index < -0.39 is 195 Å². The molecule has 6 amide bonds. The van der Waals surface area contributed by atoms with Crippen molar-refractivity contribution in [2.75, 3.05) is 189 Å². The molecule has 18 heterocycles. The number of hydrogen-bond acceptors (Lipinski definition) is 24. The number of likely N-dealkylation sites (tertiary alicyclic amines) is 6. The molecule has 744 valence electrons. The van der Waals surface area contributed by atoms with Crippen molar-refractivity contribution in [3.8, 4) is 0 Å². The summed E-state index contributed by atoms with van der Waals surface area (Å²) in [4.78, 5) is 175. The number of amides is 6. The number of piperidine rings is 6. The first-order valence-corrected chi connectivity index (χ1v) is 44.6. The van der Waals surface area contributed by atoms with Gasteiger partial charge in [-0.1, -0.05) is 41.1 Å². The number of anilines is 6. The Hall–Kier alpha value is -15.7. The van der Waals surface area contributed by atoms with Crippen molar-refractivity contribution in [2.24, 2.45) is 35.4 Å². The molecule has 0 bridgehead atoms. The molecule has 6 aliphatic rings. The van der Waals surface area contributed by atoms with Crippen LogP contribution in [0.4, 0.5) is 34.9 Å². The summed E-state index contributed by atoms with van der Waals surface area (Å²) in [6.07, 6.45) is 9.92. The highest BCUT2D eigenvalue weighted by atomic mass is 16.2.